The number of aromatic hydroxyl groups is 1. The summed E-state index contributed by atoms with van der Waals surface area (Å²) < 4.78 is 5.27. The van der Waals surface area contributed by atoms with Crippen LogP contribution in [0.3, 0.4) is 0 Å². The van der Waals surface area contributed by atoms with Gasteiger partial charge in [-0.05, 0) is 25.0 Å². The van der Waals surface area contributed by atoms with E-state index in [9.17, 15) is 5.11 Å². The molecule has 84 valence electrons. The van der Waals surface area contributed by atoms with Gasteiger partial charge in [0.05, 0.1) is 6.10 Å². The molecule has 2 N–H and O–H groups in total. The summed E-state index contributed by atoms with van der Waals surface area (Å²) in [5.41, 5.74) is 0.932. The molecule has 0 fully saturated rings. The molecule has 15 heavy (non-hydrogen) atoms. The van der Waals surface area contributed by atoms with Crippen LogP contribution in [0.4, 0.5) is 0 Å². The van der Waals surface area contributed by atoms with Gasteiger partial charge in [-0.25, -0.2) is 0 Å². The second-order valence-electron chi connectivity index (χ2n) is 3.70. The average molecular weight is 210 g/mol. The average Bonchev–Trinajstić information content (AvgIpc) is 2.19. The summed E-state index contributed by atoms with van der Waals surface area (Å²) in [5, 5.41) is 18.7. The number of phenolic OH excluding ortho intramolecular Hbond substituents is 1. The molecule has 0 saturated carbocycles. The maximum Gasteiger partial charge on any atom is 0.123 e. The van der Waals surface area contributed by atoms with E-state index in [-0.39, 0.29) is 12.4 Å². The van der Waals surface area contributed by atoms with Gasteiger partial charge >= 0.3 is 0 Å². The molecule has 0 aliphatic rings. The summed E-state index contributed by atoms with van der Waals surface area (Å²) in [4.78, 5) is 0. The summed E-state index contributed by atoms with van der Waals surface area (Å²) in [6.07, 6.45) is 1.37. The highest BCUT2D eigenvalue weighted by Gasteiger charge is 2.03. The first-order valence-corrected chi connectivity index (χ1v) is 5.26. The zero-order valence-electron chi connectivity index (χ0n) is 9.23. The minimum atomic E-state index is -0.498. The second-order valence-corrected chi connectivity index (χ2v) is 3.70. The molecule has 0 aliphatic carbocycles. The van der Waals surface area contributed by atoms with Crippen molar-refractivity contribution >= 4 is 0 Å². The maximum absolute atomic E-state index is 9.65. The molecule has 1 unspecified atom stereocenters. The smallest absolute Gasteiger partial charge is 0.123 e. The number of aryl methyl sites for hydroxylation is 1. The zero-order chi connectivity index (χ0) is 11.3. The summed E-state index contributed by atoms with van der Waals surface area (Å²) in [6, 6.07) is 5.26. The number of phenols is 1. The predicted octanol–water partition coefficient (Wildman–Crippen LogP) is 2.10. The first-order valence-electron chi connectivity index (χ1n) is 5.26. The van der Waals surface area contributed by atoms with E-state index in [1.165, 1.54) is 0 Å². The van der Waals surface area contributed by atoms with Crippen molar-refractivity contribution in [1.29, 1.82) is 0 Å². The summed E-state index contributed by atoms with van der Waals surface area (Å²) >= 11 is 0. The van der Waals surface area contributed by atoms with Gasteiger partial charge in [-0.3, -0.25) is 0 Å². The third-order valence-electron chi connectivity index (χ3n) is 2.07. The van der Waals surface area contributed by atoms with Gasteiger partial charge in [0.25, 0.3) is 0 Å². The molecule has 3 nitrogen and oxygen atoms in total. The third kappa shape index (κ3) is 3.80. The lowest BCUT2D eigenvalue weighted by Gasteiger charge is -2.10. The highest BCUT2D eigenvalue weighted by molar-refractivity contribution is 5.39. The van der Waals surface area contributed by atoms with Gasteiger partial charge in [0, 0.05) is 6.07 Å². The van der Waals surface area contributed by atoms with Crippen molar-refractivity contribution in [3.05, 3.63) is 23.8 Å². The fourth-order valence-electron chi connectivity index (χ4n) is 1.33. The number of rotatable bonds is 5. The molecule has 0 aliphatic heterocycles. The van der Waals surface area contributed by atoms with Gasteiger partial charge in [-0.1, -0.05) is 19.4 Å². The van der Waals surface area contributed by atoms with Gasteiger partial charge in [0.1, 0.15) is 18.1 Å². The highest BCUT2D eigenvalue weighted by Crippen LogP contribution is 2.24. The third-order valence-corrected chi connectivity index (χ3v) is 2.07. The normalized spacial score (nSPS) is 12.5. The van der Waals surface area contributed by atoms with Gasteiger partial charge in [-0.15, -0.1) is 0 Å². The topological polar surface area (TPSA) is 49.7 Å². The molecule has 1 atom stereocenters. The first kappa shape index (κ1) is 11.9. The summed E-state index contributed by atoms with van der Waals surface area (Å²) in [5.74, 6) is 0.855. The van der Waals surface area contributed by atoms with E-state index in [0.29, 0.717) is 5.75 Å². The van der Waals surface area contributed by atoms with Crippen LogP contribution in [0.1, 0.15) is 25.8 Å². The SMILES string of the molecule is CCCc1ccc(OCC(C)O)cc1O. The molecular formula is C12H18O3. The van der Waals surface area contributed by atoms with Crippen molar-refractivity contribution in [2.24, 2.45) is 0 Å². The molecule has 1 rings (SSSR count). The van der Waals surface area contributed by atoms with Crippen LogP contribution in [-0.4, -0.2) is 22.9 Å². The second kappa shape index (κ2) is 5.61. The molecule has 0 heterocycles. The molecule has 0 bridgehead atoms. The quantitative estimate of drug-likeness (QED) is 0.782. The lowest BCUT2D eigenvalue weighted by Crippen LogP contribution is -2.12. The van der Waals surface area contributed by atoms with Crippen molar-refractivity contribution in [2.75, 3.05) is 6.61 Å². The molecule has 0 amide bonds. The van der Waals surface area contributed by atoms with Gasteiger partial charge in [-0.2, -0.15) is 0 Å². The fourth-order valence-corrected chi connectivity index (χ4v) is 1.33. The van der Waals surface area contributed by atoms with Crippen molar-refractivity contribution in [3.8, 4) is 11.5 Å². The van der Waals surface area contributed by atoms with Crippen LogP contribution < -0.4 is 4.74 Å². The van der Waals surface area contributed by atoms with Crippen LogP contribution in [0.15, 0.2) is 18.2 Å². The van der Waals surface area contributed by atoms with Crippen LogP contribution in [0, 0.1) is 0 Å². The van der Waals surface area contributed by atoms with E-state index in [4.69, 9.17) is 9.84 Å². The minimum absolute atomic E-state index is 0.243. The number of hydrogen-bond donors (Lipinski definition) is 2. The Bertz CT molecular complexity index is 308. The van der Waals surface area contributed by atoms with E-state index >= 15 is 0 Å². The molecule has 1 aromatic rings. The Balaban J connectivity index is 2.64. The standard InChI is InChI=1S/C12H18O3/c1-3-4-10-5-6-11(7-12(10)14)15-8-9(2)13/h5-7,9,13-14H,3-4,8H2,1-2H3. The van der Waals surface area contributed by atoms with Crippen molar-refractivity contribution in [2.45, 2.75) is 32.8 Å². The van der Waals surface area contributed by atoms with E-state index in [2.05, 4.69) is 6.92 Å². The van der Waals surface area contributed by atoms with Crippen molar-refractivity contribution in [1.82, 2.24) is 0 Å². The largest absolute Gasteiger partial charge is 0.508 e. The Morgan fingerprint density at radius 3 is 2.67 bits per heavy atom. The Morgan fingerprint density at radius 1 is 1.40 bits per heavy atom. The van der Waals surface area contributed by atoms with E-state index in [1.54, 1.807) is 13.0 Å². The summed E-state index contributed by atoms with van der Waals surface area (Å²) in [6.45, 7) is 3.97. The first-order chi connectivity index (χ1) is 7.13. The predicted molar refractivity (Wildman–Crippen MR) is 59.3 cm³/mol. The van der Waals surface area contributed by atoms with Crippen LogP contribution in [-0.2, 0) is 6.42 Å². The Kier molecular flexibility index (Phi) is 4.43. The van der Waals surface area contributed by atoms with Gasteiger partial charge in [0.2, 0.25) is 0 Å². The van der Waals surface area contributed by atoms with Crippen LogP contribution in [0.25, 0.3) is 0 Å². The van der Waals surface area contributed by atoms with Crippen molar-refractivity contribution in [3.63, 3.8) is 0 Å². The molecule has 1 aromatic carbocycles. The van der Waals surface area contributed by atoms with E-state index in [1.807, 2.05) is 12.1 Å². The molecular weight excluding hydrogens is 192 g/mol. The molecule has 0 radical (unpaired) electrons. The van der Waals surface area contributed by atoms with Gasteiger partial charge < -0.3 is 14.9 Å². The van der Waals surface area contributed by atoms with Gasteiger partial charge in [0.15, 0.2) is 0 Å². The number of ether oxygens (including phenoxy) is 1. The molecule has 3 heteroatoms. The zero-order valence-corrected chi connectivity index (χ0v) is 9.23. The Morgan fingerprint density at radius 2 is 2.13 bits per heavy atom. The Labute approximate surface area is 90.3 Å². The van der Waals surface area contributed by atoms with Crippen LogP contribution >= 0.6 is 0 Å². The maximum atomic E-state index is 9.65. The molecule has 0 aromatic heterocycles. The Hall–Kier alpha value is -1.22. The summed E-state index contributed by atoms with van der Waals surface area (Å²) in [7, 11) is 0. The van der Waals surface area contributed by atoms with Crippen LogP contribution in [0.5, 0.6) is 11.5 Å². The fraction of sp³-hybridized carbons (Fsp3) is 0.500. The number of benzene rings is 1. The van der Waals surface area contributed by atoms with E-state index in [0.717, 1.165) is 18.4 Å². The monoisotopic (exact) mass is 210 g/mol. The van der Waals surface area contributed by atoms with E-state index < -0.39 is 6.10 Å². The van der Waals surface area contributed by atoms with Crippen molar-refractivity contribution < 1.29 is 14.9 Å². The molecule has 0 spiro atoms. The number of aliphatic hydroxyl groups is 1. The van der Waals surface area contributed by atoms with Crippen LogP contribution in [0.2, 0.25) is 0 Å². The number of hydrogen-bond acceptors (Lipinski definition) is 3. The lowest BCUT2D eigenvalue weighted by atomic mass is 10.1. The molecule has 0 saturated heterocycles. The number of aliphatic hydroxyl groups excluding tert-OH is 1. The minimum Gasteiger partial charge on any atom is -0.508 e. The lowest BCUT2D eigenvalue weighted by molar-refractivity contribution is 0.122. The highest BCUT2D eigenvalue weighted by atomic mass is 16.5.